The number of alkyl halides is 1. The SMILES string of the molecule is Cn1c2ccncc2c2ccc(N3CCCC(F)C3)nc21. The highest BCUT2D eigenvalue weighted by Crippen LogP contribution is 2.29. The van der Waals surface area contributed by atoms with Crippen LogP contribution in [-0.4, -0.2) is 33.8 Å². The van der Waals surface area contributed by atoms with Crippen molar-refractivity contribution in [1.82, 2.24) is 14.5 Å². The largest absolute Gasteiger partial charge is 0.354 e. The molecule has 0 saturated carbocycles. The molecule has 0 spiro atoms. The number of fused-ring (bicyclic) bond motifs is 3. The van der Waals surface area contributed by atoms with E-state index in [4.69, 9.17) is 4.98 Å². The molecular weight excluding hydrogens is 267 g/mol. The molecule has 3 aromatic heterocycles. The molecule has 1 aliphatic rings. The Labute approximate surface area is 122 Å². The standard InChI is InChI=1S/C16H17FN4/c1-20-14-6-7-18-9-13(14)12-4-5-15(19-16(12)20)21-8-2-3-11(17)10-21/h4-7,9,11H,2-3,8,10H2,1H3. The van der Waals surface area contributed by atoms with Gasteiger partial charge in [0.2, 0.25) is 0 Å². The second kappa shape index (κ2) is 4.69. The summed E-state index contributed by atoms with van der Waals surface area (Å²) >= 11 is 0. The summed E-state index contributed by atoms with van der Waals surface area (Å²) in [6.07, 6.45) is 4.48. The Hall–Kier alpha value is -2.17. The summed E-state index contributed by atoms with van der Waals surface area (Å²) in [6.45, 7) is 1.33. The Morgan fingerprint density at radius 3 is 3.00 bits per heavy atom. The molecule has 4 rings (SSSR count). The molecule has 108 valence electrons. The third-order valence-corrected chi connectivity index (χ3v) is 4.32. The molecule has 0 aromatic carbocycles. The van der Waals surface area contributed by atoms with Gasteiger partial charge in [-0.25, -0.2) is 9.37 Å². The van der Waals surface area contributed by atoms with Gasteiger partial charge in [-0.05, 0) is 31.0 Å². The predicted molar refractivity (Wildman–Crippen MR) is 82.4 cm³/mol. The number of halogens is 1. The fourth-order valence-electron chi connectivity index (χ4n) is 3.22. The van der Waals surface area contributed by atoms with Crippen LogP contribution in [0.5, 0.6) is 0 Å². The van der Waals surface area contributed by atoms with Crippen molar-refractivity contribution in [3.8, 4) is 0 Å². The minimum Gasteiger partial charge on any atom is -0.354 e. The Bertz CT molecular complexity index is 810. The van der Waals surface area contributed by atoms with Crippen molar-refractivity contribution in [3.63, 3.8) is 0 Å². The maximum Gasteiger partial charge on any atom is 0.143 e. The van der Waals surface area contributed by atoms with E-state index in [-0.39, 0.29) is 0 Å². The monoisotopic (exact) mass is 284 g/mol. The first kappa shape index (κ1) is 12.6. The van der Waals surface area contributed by atoms with Gasteiger partial charge in [-0.1, -0.05) is 0 Å². The van der Waals surface area contributed by atoms with Crippen molar-refractivity contribution < 1.29 is 4.39 Å². The molecule has 0 aliphatic carbocycles. The van der Waals surface area contributed by atoms with Crippen molar-refractivity contribution >= 4 is 27.8 Å². The van der Waals surface area contributed by atoms with Crippen LogP contribution < -0.4 is 4.90 Å². The number of nitrogens with zero attached hydrogens (tertiary/aromatic N) is 4. The number of anilines is 1. The summed E-state index contributed by atoms with van der Waals surface area (Å²) < 4.78 is 15.7. The van der Waals surface area contributed by atoms with E-state index in [0.717, 1.165) is 40.7 Å². The highest BCUT2D eigenvalue weighted by atomic mass is 19.1. The second-order valence-electron chi connectivity index (χ2n) is 5.68. The average Bonchev–Trinajstić information content (AvgIpc) is 2.81. The topological polar surface area (TPSA) is 34.0 Å². The molecule has 1 aliphatic heterocycles. The fraction of sp³-hybridized carbons (Fsp3) is 0.375. The fourth-order valence-corrected chi connectivity index (χ4v) is 3.22. The highest BCUT2D eigenvalue weighted by Gasteiger charge is 2.21. The molecule has 1 fully saturated rings. The van der Waals surface area contributed by atoms with Crippen LogP contribution in [0.3, 0.4) is 0 Å². The summed E-state index contributed by atoms with van der Waals surface area (Å²) in [5.74, 6) is 0.865. The lowest BCUT2D eigenvalue weighted by Gasteiger charge is -2.29. The van der Waals surface area contributed by atoms with Crippen LogP contribution in [0.15, 0.2) is 30.6 Å². The van der Waals surface area contributed by atoms with Crippen molar-refractivity contribution in [1.29, 1.82) is 0 Å². The summed E-state index contributed by atoms with van der Waals surface area (Å²) in [6, 6.07) is 6.06. The van der Waals surface area contributed by atoms with Crippen molar-refractivity contribution in [2.75, 3.05) is 18.0 Å². The Kier molecular flexibility index (Phi) is 2.80. The van der Waals surface area contributed by atoms with Gasteiger partial charge in [0.05, 0.1) is 12.1 Å². The number of rotatable bonds is 1. The Balaban J connectivity index is 1.86. The molecular formula is C16H17FN4. The van der Waals surface area contributed by atoms with Crippen LogP contribution in [0.1, 0.15) is 12.8 Å². The van der Waals surface area contributed by atoms with E-state index in [1.165, 1.54) is 0 Å². The molecule has 4 heterocycles. The van der Waals surface area contributed by atoms with E-state index in [1.54, 1.807) is 6.20 Å². The number of aryl methyl sites for hydroxylation is 1. The summed E-state index contributed by atoms with van der Waals surface area (Å²) in [4.78, 5) is 11.0. The van der Waals surface area contributed by atoms with E-state index in [2.05, 4.69) is 15.6 Å². The zero-order valence-corrected chi connectivity index (χ0v) is 12.0. The highest BCUT2D eigenvalue weighted by molar-refractivity contribution is 6.06. The molecule has 21 heavy (non-hydrogen) atoms. The van der Waals surface area contributed by atoms with Crippen LogP contribution in [0.4, 0.5) is 10.2 Å². The Morgan fingerprint density at radius 2 is 2.14 bits per heavy atom. The van der Waals surface area contributed by atoms with Gasteiger partial charge in [0.1, 0.15) is 17.6 Å². The van der Waals surface area contributed by atoms with Gasteiger partial charge in [0.25, 0.3) is 0 Å². The predicted octanol–water partition coefficient (Wildman–Crippen LogP) is 3.06. The average molecular weight is 284 g/mol. The zero-order valence-electron chi connectivity index (χ0n) is 12.0. The number of hydrogen-bond acceptors (Lipinski definition) is 3. The van der Waals surface area contributed by atoms with Crippen LogP contribution in [-0.2, 0) is 7.05 Å². The molecule has 3 aromatic rings. The van der Waals surface area contributed by atoms with E-state index < -0.39 is 6.17 Å². The minimum absolute atomic E-state index is 0.448. The second-order valence-corrected chi connectivity index (χ2v) is 5.68. The first-order chi connectivity index (χ1) is 10.2. The van der Waals surface area contributed by atoms with E-state index in [9.17, 15) is 4.39 Å². The number of piperidine rings is 1. The first-order valence-electron chi connectivity index (χ1n) is 7.32. The maximum atomic E-state index is 13.6. The van der Waals surface area contributed by atoms with Gasteiger partial charge in [0, 0.05) is 36.8 Å². The smallest absolute Gasteiger partial charge is 0.143 e. The molecule has 1 saturated heterocycles. The lowest BCUT2D eigenvalue weighted by molar-refractivity contribution is 0.286. The normalized spacial score (nSPS) is 19.5. The van der Waals surface area contributed by atoms with Crippen LogP contribution >= 0.6 is 0 Å². The molecule has 4 nitrogen and oxygen atoms in total. The first-order valence-corrected chi connectivity index (χ1v) is 7.32. The summed E-state index contributed by atoms with van der Waals surface area (Å²) in [7, 11) is 2.01. The van der Waals surface area contributed by atoms with Crippen LogP contribution in [0, 0.1) is 0 Å². The quantitative estimate of drug-likeness (QED) is 0.688. The molecule has 0 radical (unpaired) electrons. The van der Waals surface area contributed by atoms with Crippen molar-refractivity contribution in [2.24, 2.45) is 7.05 Å². The van der Waals surface area contributed by atoms with E-state index in [1.807, 2.05) is 30.3 Å². The molecule has 1 unspecified atom stereocenters. The molecule has 0 bridgehead atoms. The number of aromatic nitrogens is 3. The Morgan fingerprint density at radius 1 is 1.24 bits per heavy atom. The van der Waals surface area contributed by atoms with Gasteiger partial charge >= 0.3 is 0 Å². The van der Waals surface area contributed by atoms with Gasteiger partial charge < -0.3 is 9.47 Å². The van der Waals surface area contributed by atoms with Gasteiger partial charge in [0.15, 0.2) is 0 Å². The van der Waals surface area contributed by atoms with Crippen LogP contribution in [0.25, 0.3) is 21.9 Å². The number of pyridine rings is 2. The van der Waals surface area contributed by atoms with Crippen molar-refractivity contribution in [3.05, 3.63) is 30.6 Å². The molecule has 5 heteroatoms. The molecule has 0 N–H and O–H groups in total. The zero-order chi connectivity index (χ0) is 14.4. The lowest BCUT2D eigenvalue weighted by Crippen LogP contribution is -2.36. The van der Waals surface area contributed by atoms with Crippen molar-refractivity contribution in [2.45, 2.75) is 19.0 Å². The molecule has 1 atom stereocenters. The number of hydrogen-bond donors (Lipinski definition) is 0. The summed E-state index contributed by atoms with van der Waals surface area (Å²) in [5.41, 5.74) is 2.04. The minimum atomic E-state index is -0.743. The van der Waals surface area contributed by atoms with Gasteiger partial charge in [-0.15, -0.1) is 0 Å². The van der Waals surface area contributed by atoms with E-state index >= 15 is 0 Å². The molecule has 0 amide bonds. The third kappa shape index (κ3) is 1.95. The lowest BCUT2D eigenvalue weighted by atomic mass is 10.1. The summed E-state index contributed by atoms with van der Waals surface area (Å²) in [5, 5.41) is 2.20. The van der Waals surface area contributed by atoms with E-state index in [0.29, 0.717) is 13.0 Å². The third-order valence-electron chi connectivity index (χ3n) is 4.32. The van der Waals surface area contributed by atoms with Gasteiger partial charge in [-0.2, -0.15) is 0 Å². The van der Waals surface area contributed by atoms with Crippen LogP contribution in [0.2, 0.25) is 0 Å². The maximum absolute atomic E-state index is 13.6. The van der Waals surface area contributed by atoms with Gasteiger partial charge in [-0.3, -0.25) is 4.98 Å².